The molecule has 0 amide bonds. The maximum atomic E-state index is 5.52. The van der Waals surface area contributed by atoms with Crippen LogP contribution in [-0.2, 0) is 5.41 Å². The smallest absolute Gasteiger partial charge is 0.137 e. The fourth-order valence-corrected chi connectivity index (χ4v) is 1.44. The Bertz CT molecular complexity index is 253. The van der Waals surface area contributed by atoms with E-state index in [1.54, 1.807) is 6.20 Å². The Morgan fingerprint density at radius 3 is 2.67 bits per heavy atom. The highest BCUT2D eigenvalue weighted by Crippen LogP contribution is 2.28. The van der Waals surface area contributed by atoms with E-state index in [-0.39, 0.29) is 5.41 Å². The van der Waals surface area contributed by atoms with Crippen molar-refractivity contribution in [2.24, 2.45) is 5.73 Å². The van der Waals surface area contributed by atoms with Crippen LogP contribution in [0.2, 0.25) is 0 Å². The van der Waals surface area contributed by atoms with Crippen molar-refractivity contribution in [3.8, 4) is 0 Å². The second-order valence-electron chi connectivity index (χ2n) is 3.72. The molecule has 0 radical (unpaired) electrons. The van der Waals surface area contributed by atoms with E-state index in [1.807, 2.05) is 6.92 Å². The summed E-state index contributed by atoms with van der Waals surface area (Å²) in [7, 11) is 0. The molecule has 1 heterocycles. The van der Waals surface area contributed by atoms with E-state index in [0.29, 0.717) is 6.54 Å². The molecule has 1 rings (SSSR count). The summed E-state index contributed by atoms with van der Waals surface area (Å²) in [5, 5.41) is 3.75. The third kappa shape index (κ3) is 1.67. The first-order valence-corrected chi connectivity index (χ1v) is 4.20. The second kappa shape index (κ2) is 3.27. The molecule has 0 saturated carbocycles. The number of hydrogen-bond acceptors (Lipinski definition) is 3. The van der Waals surface area contributed by atoms with Crippen molar-refractivity contribution in [1.82, 2.24) is 5.16 Å². The topological polar surface area (TPSA) is 52.0 Å². The fraction of sp³-hybridized carbons (Fsp3) is 0.667. The summed E-state index contributed by atoms with van der Waals surface area (Å²) in [4.78, 5) is 0. The summed E-state index contributed by atoms with van der Waals surface area (Å²) in [5.41, 5.74) is 6.76. The highest BCUT2D eigenvalue weighted by Gasteiger charge is 2.23. The van der Waals surface area contributed by atoms with Crippen molar-refractivity contribution in [3.63, 3.8) is 0 Å². The Morgan fingerprint density at radius 1 is 1.58 bits per heavy atom. The molecule has 1 aromatic rings. The molecular formula is C9H16N2O. The third-order valence-corrected chi connectivity index (χ3v) is 2.25. The molecule has 68 valence electrons. The number of nitrogens with two attached hydrogens (primary N) is 1. The van der Waals surface area contributed by atoms with Gasteiger partial charge in [-0.1, -0.05) is 19.0 Å². The third-order valence-electron chi connectivity index (χ3n) is 2.25. The lowest BCUT2D eigenvalue weighted by molar-refractivity contribution is 0.389. The van der Waals surface area contributed by atoms with Crippen LogP contribution in [0.1, 0.15) is 31.6 Å². The first kappa shape index (κ1) is 9.26. The van der Waals surface area contributed by atoms with Crippen molar-refractivity contribution < 1.29 is 4.52 Å². The van der Waals surface area contributed by atoms with Crippen LogP contribution in [0, 0.1) is 6.92 Å². The zero-order valence-corrected chi connectivity index (χ0v) is 7.92. The average Bonchev–Trinajstić information content (AvgIpc) is 2.35. The normalized spacial score (nSPS) is 12.0. The maximum absolute atomic E-state index is 5.52. The SMILES string of the molecule is Cc1oncc1C(C)(C)CCN. The predicted molar refractivity (Wildman–Crippen MR) is 47.9 cm³/mol. The monoisotopic (exact) mass is 168 g/mol. The van der Waals surface area contributed by atoms with Crippen molar-refractivity contribution in [3.05, 3.63) is 17.5 Å². The van der Waals surface area contributed by atoms with Gasteiger partial charge in [-0.25, -0.2) is 0 Å². The van der Waals surface area contributed by atoms with Gasteiger partial charge in [0.1, 0.15) is 5.76 Å². The van der Waals surface area contributed by atoms with Crippen LogP contribution in [0.4, 0.5) is 0 Å². The molecule has 0 aliphatic rings. The van der Waals surface area contributed by atoms with Crippen LogP contribution in [0.5, 0.6) is 0 Å². The Hall–Kier alpha value is -0.830. The van der Waals surface area contributed by atoms with Crippen molar-refractivity contribution in [2.75, 3.05) is 6.54 Å². The second-order valence-corrected chi connectivity index (χ2v) is 3.72. The molecule has 0 bridgehead atoms. The van der Waals surface area contributed by atoms with Crippen LogP contribution in [0.25, 0.3) is 0 Å². The zero-order valence-electron chi connectivity index (χ0n) is 7.92. The lowest BCUT2D eigenvalue weighted by Crippen LogP contribution is -2.21. The van der Waals surface area contributed by atoms with Gasteiger partial charge < -0.3 is 10.3 Å². The van der Waals surface area contributed by atoms with E-state index in [4.69, 9.17) is 10.3 Å². The minimum Gasteiger partial charge on any atom is -0.361 e. The van der Waals surface area contributed by atoms with E-state index < -0.39 is 0 Å². The van der Waals surface area contributed by atoms with Gasteiger partial charge in [-0.05, 0) is 25.3 Å². The minimum atomic E-state index is 0.0822. The molecule has 12 heavy (non-hydrogen) atoms. The van der Waals surface area contributed by atoms with Gasteiger partial charge in [-0.2, -0.15) is 0 Å². The quantitative estimate of drug-likeness (QED) is 0.746. The van der Waals surface area contributed by atoms with Gasteiger partial charge in [0.05, 0.1) is 6.20 Å². The Labute approximate surface area is 72.9 Å². The van der Waals surface area contributed by atoms with Gasteiger partial charge >= 0.3 is 0 Å². The average molecular weight is 168 g/mol. The summed E-state index contributed by atoms with van der Waals surface area (Å²) < 4.78 is 5.01. The summed E-state index contributed by atoms with van der Waals surface area (Å²) in [5.74, 6) is 0.897. The molecule has 0 spiro atoms. The maximum Gasteiger partial charge on any atom is 0.137 e. The molecule has 0 saturated heterocycles. The van der Waals surface area contributed by atoms with Gasteiger partial charge in [0, 0.05) is 5.56 Å². The number of hydrogen-bond donors (Lipinski definition) is 1. The van der Waals surface area contributed by atoms with Crippen molar-refractivity contribution in [2.45, 2.75) is 32.6 Å². The molecule has 3 heteroatoms. The first-order valence-electron chi connectivity index (χ1n) is 4.20. The molecule has 0 aliphatic carbocycles. The molecule has 0 aromatic carbocycles. The Balaban J connectivity index is 2.88. The van der Waals surface area contributed by atoms with Crippen LogP contribution >= 0.6 is 0 Å². The van der Waals surface area contributed by atoms with Crippen LogP contribution in [0.3, 0.4) is 0 Å². The lowest BCUT2D eigenvalue weighted by atomic mass is 9.82. The largest absolute Gasteiger partial charge is 0.361 e. The molecule has 1 aromatic heterocycles. The van der Waals surface area contributed by atoms with E-state index in [1.165, 1.54) is 0 Å². The Kier molecular flexibility index (Phi) is 2.52. The Morgan fingerprint density at radius 2 is 2.25 bits per heavy atom. The minimum absolute atomic E-state index is 0.0822. The molecule has 2 N–H and O–H groups in total. The number of aryl methyl sites for hydroxylation is 1. The van der Waals surface area contributed by atoms with E-state index in [9.17, 15) is 0 Å². The van der Waals surface area contributed by atoms with Crippen LogP contribution < -0.4 is 5.73 Å². The van der Waals surface area contributed by atoms with E-state index in [0.717, 1.165) is 17.7 Å². The highest BCUT2D eigenvalue weighted by atomic mass is 16.5. The lowest BCUT2D eigenvalue weighted by Gasteiger charge is -2.22. The number of nitrogens with zero attached hydrogens (tertiary/aromatic N) is 1. The van der Waals surface area contributed by atoms with Gasteiger partial charge in [0.15, 0.2) is 0 Å². The van der Waals surface area contributed by atoms with Crippen LogP contribution in [0.15, 0.2) is 10.7 Å². The highest BCUT2D eigenvalue weighted by molar-refractivity contribution is 5.22. The molecule has 3 nitrogen and oxygen atoms in total. The van der Waals surface area contributed by atoms with Gasteiger partial charge in [0.25, 0.3) is 0 Å². The fourth-order valence-electron chi connectivity index (χ4n) is 1.44. The number of rotatable bonds is 3. The van der Waals surface area contributed by atoms with Crippen molar-refractivity contribution in [1.29, 1.82) is 0 Å². The summed E-state index contributed by atoms with van der Waals surface area (Å²) in [6.45, 7) is 6.93. The van der Waals surface area contributed by atoms with Gasteiger partial charge in [-0.3, -0.25) is 0 Å². The van der Waals surface area contributed by atoms with Crippen LogP contribution in [-0.4, -0.2) is 11.7 Å². The standard InChI is InChI=1S/C9H16N2O/c1-7-8(6-11-12-7)9(2,3)4-5-10/h6H,4-5,10H2,1-3H3. The molecule has 0 aliphatic heterocycles. The molecular weight excluding hydrogens is 152 g/mol. The first-order chi connectivity index (χ1) is 5.58. The predicted octanol–water partition coefficient (Wildman–Crippen LogP) is 1.61. The van der Waals surface area contributed by atoms with E-state index >= 15 is 0 Å². The van der Waals surface area contributed by atoms with Gasteiger partial charge in [0.2, 0.25) is 0 Å². The van der Waals surface area contributed by atoms with Crippen molar-refractivity contribution >= 4 is 0 Å². The zero-order chi connectivity index (χ0) is 9.19. The molecule has 0 atom stereocenters. The number of aromatic nitrogens is 1. The van der Waals surface area contributed by atoms with E-state index in [2.05, 4.69) is 19.0 Å². The molecule has 0 fully saturated rings. The summed E-state index contributed by atoms with van der Waals surface area (Å²) in [6.07, 6.45) is 2.74. The molecule has 0 unspecified atom stereocenters. The van der Waals surface area contributed by atoms with Gasteiger partial charge in [-0.15, -0.1) is 0 Å². The summed E-state index contributed by atoms with van der Waals surface area (Å²) >= 11 is 0. The summed E-state index contributed by atoms with van der Waals surface area (Å²) in [6, 6.07) is 0.